The summed E-state index contributed by atoms with van der Waals surface area (Å²) in [4.78, 5) is 14.8. The summed E-state index contributed by atoms with van der Waals surface area (Å²) in [6, 6.07) is 0. The van der Waals surface area contributed by atoms with Crippen molar-refractivity contribution in [3.8, 4) is 0 Å². The number of ether oxygens (including phenoxy) is 2. The Balaban J connectivity index is 2.12. The number of amides is 1. The number of rotatable bonds is 2. The first-order valence-electron chi connectivity index (χ1n) is 7.43. The van der Waals surface area contributed by atoms with Crippen LogP contribution in [0.5, 0.6) is 0 Å². The zero-order valence-corrected chi connectivity index (χ0v) is 13.8. The van der Waals surface area contributed by atoms with Crippen molar-refractivity contribution in [1.82, 2.24) is 4.90 Å². The van der Waals surface area contributed by atoms with Crippen LogP contribution in [0.25, 0.3) is 0 Å². The Labute approximate surface area is 126 Å². The number of morpholine rings is 1. The molecule has 2 aliphatic rings. The molecule has 0 saturated carbocycles. The van der Waals surface area contributed by atoms with Crippen LogP contribution in [0.1, 0.15) is 34.6 Å². The van der Waals surface area contributed by atoms with Gasteiger partial charge in [0.15, 0.2) is 0 Å². The van der Waals surface area contributed by atoms with E-state index in [-0.39, 0.29) is 41.7 Å². The van der Waals surface area contributed by atoms with Crippen LogP contribution in [0.15, 0.2) is 0 Å². The third-order valence-electron chi connectivity index (χ3n) is 4.49. The molecule has 0 bridgehead atoms. The maximum atomic E-state index is 12.9. The Hall–Kier alpha value is -0.320. The SMILES string of the molecule is CC1OC(C)C(C(=O)N2CC(CCl)OC(C)(C)C2)C1C. The standard InChI is InChI=1S/C15H26ClNO3/c1-9-10(2)19-11(3)13(9)14(18)17-7-12(6-16)20-15(4,5)8-17/h9-13H,6-8H2,1-5H3. The molecule has 5 atom stereocenters. The molecule has 0 aliphatic carbocycles. The fourth-order valence-corrected chi connectivity index (χ4v) is 3.61. The van der Waals surface area contributed by atoms with Gasteiger partial charge >= 0.3 is 0 Å². The van der Waals surface area contributed by atoms with Crippen LogP contribution in [0.3, 0.4) is 0 Å². The third kappa shape index (κ3) is 3.12. The van der Waals surface area contributed by atoms with E-state index < -0.39 is 0 Å². The summed E-state index contributed by atoms with van der Waals surface area (Å²) in [7, 11) is 0. The highest BCUT2D eigenvalue weighted by Crippen LogP contribution is 2.34. The van der Waals surface area contributed by atoms with Gasteiger partial charge in [0.2, 0.25) is 5.91 Å². The fraction of sp³-hybridized carbons (Fsp3) is 0.933. The number of hydrogen-bond donors (Lipinski definition) is 0. The molecule has 4 nitrogen and oxygen atoms in total. The molecule has 5 unspecified atom stereocenters. The van der Waals surface area contributed by atoms with Crippen molar-refractivity contribution in [2.24, 2.45) is 11.8 Å². The number of carbonyl (C=O) groups is 1. The summed E-state index contributed by atoms with van der Waals surface area (Å²) in [6.07, 6.45) is 0.0273. The van der Waals surface area contributed by atoms with Crippen LogP contribution >= 0.6 is 11.6 Å². The fourth-order valence-electron chi connectivity index (χ4n) is 3.45. The number of hydrogen-bond acceptors (Lipinski definition) is 3. The van der Waals surface area contributed by atoms with Crippen LogP contribution in [0, 0.1) is 11.8 Å². The van der Waals surface area contributed by atoms with Gasteiger partial charge in [-0.1, -0.05) is 6.92 Å². The topological polar surface area (TPSA) is 38.8 Å². The van der Waals surface area contributed by atoms with Crippen LogP contribution in [0.4, 0.5) is 0 Å². The van der Waals surface area contributed by atoms with Gasteiger partial charge in [-0.3, -0.25) is 4.79 Å². The average Bonchev–Trinajstić information content (AvgIpc) is 2.60. The molecule has 20 heavy (non-hydrogen) atoms. The second kappa shape index (κ2) is 5.82. The van der Waals surface area contributed by atoms with Crippen LogP contribution < -0.4 is 0 Å². The van der Waals surface area contributed by atoms with Crippen LogP contribution in [-0.4, -0.2) is 53.7 Å². The van der Waals surface area contributed by atoms with Gasteiger partial charge < -0.3 is 14.4 Å². The van der Waals surface area contributed by atoms with Crippen molar-refractivity contribution in [2.75, 3.05) is 19.0 Å². The maximum Gasteiger partial charge on any atom is 0.228 e. The Kier molecular flexibility index (Phi) is 4.67. The molecule has 2 fully saturated rings. The highest BCUT2D eigenvalue weighted by atomic mass is 35.5. The number of nitrogens with zero attached hydrogens (tertiary/aromatic N) is 1. The van der Waals surface area contributed by atoms with Crippen molar-refractivity contribution in [3.63, 3.8) is 0 Å². The third-order valence-corrected chi connectivity index (χ3v) is 4.84. The first kappa shape index (κ1) is 16.1. The predicted octanol–water partition coefficient (Wildman–Crippen LogP) is 2.29. The van der Waals surface area contributed by atoms with E-state index in [1.54, 1.807) is 0 Å². The van der Waals surface area contributed by atoms with Gasteiger partial charge in [-0.05, 0) is 33.6 Å². The summed E-state index contributed by atoms with van der Waals surface area (Å²) >= 11 is 5.93. The number of alkyl halides is 1. The second-order valence-electron chi connectivity index (χ2n) is 6.80. The lowest BCUT2D eigenvalue weighted by atomic mass is 9.87. The summed E-state index contributed by atoms with van der Waals surface area (Å²) < 4.78 is 11.7. The summed E-state index contributed by atoms with van der Waals surface area (Å²) in [5.74, 6) is 0.782. The lowest BCUT2D eigenvalue weighted by Crippen LogP contribution is -2.57. The molecule has 1 amide bonds. The molecule has 0 radical (unpaired) electrons. The summed E-state index contributed by atoms with van der Waals surface area (Å²) in [5.41, 5.74) is -0.342. The summed E-state index contributed by atoms with van der Waals surface area (Å²) in [6.45, 7) is 11.3. The van der Waals surface area contributed by atoms with E-state index in [2.05, 4.69) is 6.92 Å². The molecule has 0 aromatic carbocycles. The Bertz CT molecular complexity index is 374. The van der Waals surface area contributed by atoms with Crippen molar-refractivity contribution >= 4 is 17.5 Å². The molecule has 0 aromatic heterocycles. The zero-order chi connectivity index (χ0) is 15.1. The smallest absolute Gasteiger partial charge is 0.228 e. The van der Waals surface area contributed by atoms with E-state index in [4.69, 9.17) is 21.1 Å². The van der Waals surface area contributed by atoms with Crippen LogP contribution in [0.2, 0.25) is 0 Å². The minimum absolute atomic E-state index is 0.0205. The molecule has 2 aliphatic heterocycles. The molecule has 2 saturated heterocycles. The maximum absolute atomic E-state index is 12.9. The van der Waals surface area contributed by atoms with Gasteiger partial charge in [-0.15, -0.1) is 11.6 Å². The molecule has 2 rings (SSSR count). The van der Waals surface area contributed by atoms with E-state index >= 15 is 0 Å². The van der Waals surface area contributed by atoms with E-state index in [1.807, 2.05) is 32.6 Å². The molecular formula is C15H26ClNO3. The molecule has 0 N–H and O–H groups in total. The quantitative estimate of drug-likeness (QED) is 0.735. The van der Waals surface area contributed by atoms with Gasteiger partial charge in [0, 0.05) is 13.1 Å². The molecule has 0 spiro atoms. The van der Waals surface area contributed by atoms with Gasteiger partial charge in [0.25, 0.3) is 0 Å². The molecular weight excluding hydrogens is 278 g/mol. The molecule has 0 aromatic rings. The second-order valence-corrected chi connectivity index (χ2v) is 7.11. The van der Waals surface area contributed by atoms with E-state index in [0.29, 0.717) is 19.0 Å². The monoisotopic (exact) mass is 303 g/mol. The summed E-state index contributed by atoms with van der Waals surface area (Å²) in [5, 5.41) is 0. The molecule has 116 valence electrons. The lowest BCUT2D eigenvalue weighted by Gasteiger charge is -2.43. The average molecular weight is 304 g/mol. The number of halogens is 1. The van der Waals surface area contributed by atoms with Gasteiger partial charge in [-0.25, -0.2) is 0 Å². The minimum Gasteiger partial charge on any atom is -0.374 e. The van der Waals surface area contributed by atoms with Crippen LogP contribution in [-0.2, 0) is 14.3 Å². The van der Waals surface area contributed by atoms with Gasteiger partial charge in [-0.2, -0.15) is 0 Å². The van der Waals surface area contributed by atoms with Crippen molar-refractivity contribution in [1.29, 1.82) is 0 Å². The first-order valence-corrected chi connectivity index (χ1v) is 7.96. The van der Waals surface area contributed by atoms with Crippen molar-refractivity contribution in [3.05, 3.63) is 0 Å². The normalized spacial score (nSPS) is 40.9. The molecule has 5 heteroatoms. The van der Waals surface area contributed by atoms with E-state index in [0.717, 1.165) is 0 Å². The largest absolute Gasteiger partial charge is 0.374 e. The molecule has 2 heterocycles. The van der Waals surface area contributed by atoms with Crippen molar-refractivity contribution in [2.45, 2.75) is 58.5 Å². The highest BCUT2D eigenvalue weighted by molar-refractivity contribution is 6.18. The Morgan fingerprint density at radius 2 is 1.95 bits per heavy atom. The number of carbonyl (C=O) groups excluding carboxylic acids is 1. The van der Waals surface area contributed by atoms with Crippen molar-refractivity contribution < 1.29 is 14.3 Å². The lowest BCUT2D eigenvalue weighted by molar-refractivity contribution is -0.163. The van der Waals surface area contributed by atoms with E-state index in [9.17, 15) is 4.79 Å². The minimum atomic E-state index is -0.342. The predicted molar refractivity (Wildman–Crippen MR) is 78.9 cm³/mol. The first-order chi connectivity index (χ1) is 9.25. The van der Waals surface area contributed by atoms with Gasteiger partial charge in [0.1, 0.15) is 0 Å². The Morgan fingerprint density at radius 1 is 1.30 bits per heavy atom. The zero-order valence-electron chi connectivity index (χ0n) is 13.1. The van der Waals surface area contributed by atoms with Gasteiger partial charge in [0.05, 0.1) is 35.7 Å². The van der Waals surface area contributed by atoms with E-state index in [1.165, 1.54) is 0 Å². The highest BCUT2D eigenvalue weighted by Gasteiger charge is 2.45. The Morgan fingerprint density at radius 3 is 2.45 bits per heavy atom.